The van der Waals surface area contributed by atoms with Gasteiger partial charge < -0.3 is 0 Å². The first-order valence-electron chi connectivity index (χ1n) is 17.9. The molecule has 10 rings (SSSR count). The molecular formula is C47H34N6. The van der Waals surface area contributed by atoms with Crippen molar-refractivity contribution in [3.63, 3.8) is 0 Å². The lowest BCUT2D eigenvalue weighted by Gasteiger charge is -2.15. The van der Waals surface area contributed by atoms with Crippen LogP contribution in [0.25, 0.3) is 84.3 Å². The molecule has 0 aliphatic rings. The topological polar surface area (TPSA) is 53.5 Å². The summed E-state index contributed by atoms with van der Waals surface area (Å²) in [5.41, 5.74) is 14.3. The van der Waals surface area contributed by atoms with Gasteiger partial charge in [-0.1, -0.05) is 84.9 Å². The van der Waals surface area contributed by atoms with E-state index in [2.05, 4.69) is 179 Å². The zero-order valence-corrected chi connectivity index (χ0v) is 29.3. The van der Waals surface area contributed by atoms with Crippen molar-refractivity contribution < 1.29 is 0 Å². The van der Waals surface area contributed by atoms with Gasteiger partial charge in [-0.2, -0.15) is 0 Å². The molecule has 0 spiro atoms. The fourth-order valence-corrected chi connectivity index (χ4v) is 7.59. The second kappa shape index (κ2) is 12.3. The fraction of sp³-hybridized carbons (Fsp3) is 0.0426. The molecule has 6 heteroatoms. The summed E-state index contributed by atoms with van der Waals surface area (Å²) in [7, 11) is 0. The molecule has 0 N–H and O–H groups in total. The highest BCUT2D eigenvalue weighted by atomic mass is 15.1. The number of nitrogens with zero attached hydrogens (tertiary/aromatic N) is 6. The lowest BCUT2D eigenvalue weighted by atomic mass is 10.0. The molecular weight excluding hydrogens is 649 g/mol. The molecule has 0 bridgehead atoms. The highest BCUT2D eigenvalue weighted by molar-refractivity contribution is 5.90. The lowest BCUT2D eigenvalue weighted by molar-refractivity contribution is 1.08. The van der Waals surface area contributed by atoms with Crippen LogP contribution in [0.15, 0.2) is 170 Å². The predicted octanol–water partition coefficient (Wildman–Crippen LogP) is 11.3. The van der Waals surface area contributed by atoms with E-state index < -0.39 is 0 Å². The minimum atomic E-state index is 0.845. The quantitative estimate of drug-likeness (QED) is 0.175. The number of para-hydroxylation sites is 7. The van der Waals surface area contributed by atoms with E-state index in [0.29, 0.717) is 0 Å². The van der Waals surface area contributed by atoms with E-state index in [1.807, 2.05) is 18.2 Å². The Hall–Kier alpha value is -7.05. The van der Waals surface area contributed by atoms with Crippen LogP contribution in [0.3, 0.4) is 0 Å². The first kappa shape index (κ1) is 30.7. The van der Waals surface area contributed by atoms with E-state index >= 15 is 0 Å². The first-order valence-corrected chi connectivity index (χ1v) is 17.9. The average molecular weight is 683 g/mol. The molecule has 10 aromatic rings. The van der Waals surface area contributed by atoms with E-state index in [9.17, 15) is 0 Å². The Morgan fingerprint density at radius 2 is 0.792 bits per heavy atom. The van der Waals surface area contributed by atoms with Crippen molar-refractivity contribution in [2.45, 2.75) is 13.8 Å². The van der Waals surface area contributed by atoms with Crippen molar-refractivity contribution >= 4 is 33.1 Å². The molecule has 0 aliphatic carbocycles. The molecule has 3 aromatic heterocycles. The maximum absolute atomic E-state index is 5.40. The van der Waals surface area contributed by atoms with Crippen LogP contribution in [-0.4, -0.2) is 28.7 Å². The van der Waals surface area contributed by atoms with E-state index in [-0.39, 0.29) is 0 Å². The van der Waals surface area contributed by atoms with Crippen molar-refractivity contribution in [2.75, 3.05) is 0 Å². The number of hydrogen-bond donors (Lipinski definition) is 0. The molecule has 0 saturated heterocycles. The SMILES string of the molecule is Cc1cccc(-n2c(-c3cc(-c4nc5ccccc5n4-c4ccccc4)cc(-c4nc5c(C)cccc5n4-c4ccccc4)c3)nc3ccccc32)c1. The average Bonchev–Trinajstić information content (AvgIpc) is 3.91. The van der Waals surface area contributed by atoms with Crippen LogP contribution in [0.1, 0.15) is 11.1 Å². The van der Waals surface area contributed by atoms with Crippen LogP contribution < -0.4 is 0 Å². The Morgan fingerprint density at radius 3 is 1.36 bits per heavy atom. The van der Waals surface area contributed by atoms with E-state index in [1.165, 1.54) is 5.56 Å². The van der Waals surface area contributed by atoms with Gasteiger partial charge in [0.15, 0.2) is 0 Å². The Bertz CT molecular complexity index is 2970. The summed E-state index contributed by atoms with van der Waals surface area (Å²) in [4.78, 5) is 16.0. The van der Waals surface area contributed by atoms with Gasteiger partial charge in [0, 0.05) is 33.8 Å². The number of benzene rings is 7. The van der Waals surface area contributed by atoms with Crippen LogP contribution >= 0.6 is 0 Å². The molecule has 7 aromatic carbocycles. The van der Waals surface area contributed by atoms with Crippen LogP contribution in [0.4, 0.5) is 0 Å². The van der Waals surface area contributed by atoms with Gasteiger partial charge >= 0.3 is 0 Å². The largest absolute Gasteiger partial charge is 0.292 e. The monoisotopic (exact) mass is 682 g/mol. The Morgan fingerprint density at radius 1 is 0.358 bits per heavy atom. The molecule has 0 fully saturated rings. The Labute approximate surface area is 306 Å². The molecule has 0 amide bonds. The van der Waals surface area contributed by atoms with Crippen molar-refractivity contribution in [3.8, 4) is 51.2 Å². The van der Waals surface area contributed by atoms with Crippen LogP contribution in [0.5, 0.6) is 0 Å². The van der Waals surface area contributed by atoms with Crippen molar-refractivity contribution in [1.29, 1.82) is 0 Å². The summed E-state index contributed by atoms with van der Waals surface area (Å²) < 4.78 is 6.80. The van der Waals surface area contributed by atoms with E-state index in [1.54, 1.807) is 0 Å². The molecule has 6 nitrogen and oxygen atoms in total. The van der Waals surface area contributed by atoms with E-state index in [0.717, 1.165) is 89.9 Å². The minimum absolute atomic E-state index is 0.845. The molecule has 0 atom stereocenters. The normalized spacial score (nSPS) is 11.6. The standard InChI is InChI=1S/C47H34N6/c1-31-15-13-21-38(27-31)53-42-25-12-10-23-40(42)49-46(53)34-28-33(45-48-39-22-9-11-24-41(39)51(45)36-17-5-3-6-18-36)29-35(30-34)47-50-44-32(2)16-14-26-43(44)52(47)37-19-7-4-8-20-37/h3-30H,1-2H3. The maximum atomic E-state index is 5.40. The van der Waals surface area contributed by atoms with Gasteiger partial charge in [-0.25, -0.2) is 15.0 Å². The minimum Gasteiger partial charge on any atom is -0.292 e. The van der Waals surface area contributed by atoms with E-state index in [4.69, 9.17) is 15.0 Å². The Balaban J connectivity index is 1.32. The summed E-state index contributed by atoms with van der Waals surface area (Å²) in [6.07, 6.45) is 0. The third-order valence-corrected chi connectivity index (χ3v) is 10.0. The second-order valence-corrected chi connectivity index (χ2v) is 13.5. The van der Waals surface area contributed by atoms with Gasteiger partial charge in [0.1, 0.15) is 17.5 Å². The van der Waals surface area contributed by atoms with Gasteiger partial charge in [-0.15, -0.1) is 0 Å². The van der Waals surface area contributed by atoms with Gasteiger partial charge in [-0.3, -0.25) is 13.7 Å². The summed E-state index contributed by atoms with van der Waals surface area (Å²) in [6.45, 7) is 4.26. The first-order chi connectivity index (χ1) is 26.1. The summed E-state index contributed by atoms with van der Waals surface area (Å²) in [6, 6.07) is 59.4. The number of hydrogen-bond acceptors (Lipinski definition) is 3. The zero-order chi connectivity index (χ0) is 35.5. The third kappa shape index (κ3) is 5.15. The number of aryl methyl sites for hydroxylation is 2. The lowest BCUT2D eigenvalue weighted by Crippen LogP contribution is -2.02. The van der Waals surface area contributed by atoms with Crippen molar-refractivity contribution in [3.05, 3.63) is 181 Å². The second-order valence-electron chi connectivity index (χ2n) is 13.5. The van der Waals surface area contributed by atoms with Crippen molar-refractivity contribution in [1.82, 2.24) is 28.7 Å². The maximum Gasteiger partial charge on any atom is 0.145 e. The highest BCUT2D eigenvalue weighted by Crippen LogP contribution is 2.39. The predicted molar refractivity (Wildman–Crippen MR) is 216 cm³/mol. The van der Waals surface area contributed by atoms with Gasteiger partial charge in [0.25, 0.3) is 0 Å². The molecule has 0 aliphatic heterocycles. The molecule has 0 saturated carbocycles. The molecule has 0 unspecified atom stereocenters. The van der Waals surface area contributed by atoms with Gasteiger partial charge in [0.2, 0.25) is 0 Å². The summed E-state index contributed by atoms with van der Waals surface area (Å²) in [5, 5.41) is 0. The molecule has 0 radical (unpaired) electrons. The molecule has 3 heterocycles. The van der Waals surface area contributed by atoms with Crippen LogP contribution in [0.2, 0.25) is 0 Å². The smallest absolute Gasteiger partial charge is 0.145 e. The number of imidazole rings is 3. The van der Waals surface area contributed by atoms with Crippen LogP contribution in [0, 0.1) is 13.8 Å². The van der Waals surface area contributed by atoms with Crippen LogP contribution in [-0.2, 0) is 0 Å². The third-order valence-electron chi connectivity index (χ3n) is 10.0. The fourth-order valence-electron chi connectivity index (χ4n) is 7.59. The van der Waals surface area contributed by atoms with Crippen molar-refractivity contribution in [2.24, 2.45) is 0 Å². The number of aromatic nitrogens is 6. The van der Waals surface area contributed by atoms with Gasteiger partial charge in [-0.05, 0) is 110 Å². The summed E-state index contributed by atoms with van der Waals surface area (Å²) in [5.74, 6) is 2.54. The number of rotatable bonds is 6. The zero-order valence-electron chi connectivity index (χ0n) is 29.3. The Kier molecular flexibility index (Phi) is 7.15. The molecule has 53 heavy (non-hydrogen) atoms. The highest BCUT2D eigenvalue weighted by Gasteiger charge is 2.23. The summed E-state index contributed by atoms with van der Waals surface area (Å²) >= 11 is 0. The van der Waals surface area contributed by atoms with Gasteiger partial charge in [0.05, 0.1) is 33.1 Å². The molecule has 252 valence electrons. The number of fused-ring (bicyclic) bond motifs is 3.